The molecule has 1 fully saturated rings. The second kappa shape index (κ2) is 4.38. The van der Waals surface area contributed by atoms with Crippen LogP contribution in [0.3, 0.4) is 0 Å². The lowest BCUT2D eigenvalue weighted by Gasteiger charge is -2.17. The van der Waals surface area contributed by atoms with Crippen molar-refractivity contribution in [2.75, 3.05) is 11.9 Å². The summed E-state index contributed by atoms with van der Waals surface area (Å²) < 4.78 is 2.33. The molecule has 1 aromatic heterocycles. The summed E-state index contributed by atoms with van der Waals surface area (Å²) in [7, 11) is 0. The Kier molecular flexibility index (Phi) is 2.51. The number of fused-ring (bicyclic) bond motifs is 2. The number of rotatable bonds is 2. The molecule has 5 rings (SSSR count). The lowest BCUT2D eigenvalue weighted by Crippen LogP contribution is -2.18. The quantitative estimate of drug-likeness (QED) is 0.741. The zero-order valence-corrected chi connectivity index (χ0v) is 13.6. The van der Waals surface area contributed by atoms with E-state index in [1.807, 2.05) is 6.33 Å². The fraction of sp³-hybridized carbons (Fsp3) is 0.350. The van der Waals surface area contributed by atoms with E-state index < -0.39 is 0 Å². The molecule has 1 aliphatic carbocycles. The molecule has 0 bridgehead atoms. The predicted octanol–water partition coefficient (Wildman–Crippen LogP) is 4.74. The fourth-order valence-corrected chi connectivity index (χ4v) is 3.73. The Hall–Kier alpha value is -2.29. The van der Waals surface area contributed by atoms with Gasteiger partial charge in [-0.05, 0) is 47.7 Å². The Morgan fingerprint density at radius 3 is 2.70 bits per heavy atom. The van der Waals surface area contributed by atoms with Crippen LogP contribution in [0.15, 0.2) is 42.7 Å². The SMILES string of the molecule is CC1(C)CNc2cc(-c3ccc4c(c3)ncn4C3CC3)ccc21. The topological polar surface area (TPSA) is 29.9 Å². The first-order valence-electron chi connectivity index (χ1n) is 8.47. The van der Waals surface area contributed by atoms with Crippen molar-refractivity contribution in [3.63, 3.8) is 0 Å². The summed E-state index contributed by atoms with van der Waals surface area (Å²) in [6, 6.07) is 14.1. The van der Waals surface area contributed by atoms with Crippen molar-refractivity contribution in [3.05, 3.63) is 48.3 Å². The number of aromatic nitrogens is 2. The molecule has 2 aliphatic rings. The molecule has 3 aromatic rings. The van der Waals surface area contributed by atoms with Gasteiger partial charge in [0.25, 0.3) is 0 Å². The Bertz CT molecular complexity index is 916. The molecule has 1 aliphatic heterocycles. The van der Waals surface area contributed by atoms with E-state index in [9.17, 15) is 0 Å². The number of nitrogens with one attached hydrogen (secondary N) is 1. The molecule has 0 unspecified atom stereocenters. The number of hydrogen-bond donors (Lipinski definition) is 1. The fourth-order valence-electron chi connectivity index (χ4n) is 3.73. The summed E-state index contributed by atoms with van der Waals surface area (Å²) in [6.45, 7) is 5.60. The molecule has 2 heterocycles. The van der Waals surface area contributed by atoms with Gasteiger partial charge in [-0.25, -0.2) is 4.98 Å². The molecule has 2 aromatic carbocycles. The maximum atomic E-state index is 4.61. The highest BCUT2D eigenvalue weighted by molar-refractivity contribution is 5.83. The molecule has 0 spiro atoms. The summed E-state index contributed by atoms with van der Waals surface area (Å²) in [5.74, 6) is 0. The Morgan fingerprint density at radius 1 is 1.09 bits per heavy atom. The third-order valence-corrected chi connectivity index (χ3v) is 5.32. The zero-order valence-electron chi connectivity index (χ0n) is 13.6. The molecule has 1 saturated carbocycles. The van der Waals surface area contributed by atoms with Gasteiger partial charge in [-0.2, -0.15) is 0 Å². The van der Waals surface area contributed by atoms with E-state index in [-0.39, 0.29) is 5.41 Å². The van der Waals surface area contributed by atoms with E-state index in [4.69, 9.17) is 0 Å². The summed E-state index contributed by atoms with van der Waals surface area (Å²) in [4.78, 5) is 4.61. The zero-order chi connectivity index (χ0) is 15.6. The summed E-state index contributed by atoms with van der Waals surface area (Å²) in [5, 5.41) is 3.55. The average molecular weight is 303 g/mol. The largest absolute Gasteiger partial charge is 0.384 e. The molecule has 3 nitrogen and oxygen atoms in total. The first-order valence-corrected chi connectivity index (χ1v) is 8.47. The number of benzene rings is 2. The third-order valence-electron chi connectivity index (χ3n) is 5.32. The molecule has 0 amide bonds. The van der Waals surface area contributed by atoms with Crippen molar-refractivity contribution in [1.82, 2.24) is 9.55 Å². The van der Waals surface area contributed by atoms with Crippen LogP contribution in [0.2, 0.25) is 0 Å². The molecular weight excluding hydrogens is 282 g/mol. The van der Waals surface area contributed by atoms with Crippen LogP contribution >= 0.6 is 0 Å². The second-order valence-electron chi connectivity index (χ2n) is 7.58. The highest BCUT2D eigenvalue weighted by Gasteiger charge is 2.29. The van der Waals surface area contributed by atoms with Gasteiger partial charge in [0.15, 0.2) is 0 Å². The molecule has 3 heteroatoms. The van der Waals surface area contributed by atoms with Gasteiger partial charge < -0.3 is 9.88 Å². The Labute approximate surface area is 136 Å². The third kappa shape index (κ3) is 1.99. The second-order valence-corrected chi connectivity index (χ2v) is 7.58. The van der Waals surface area contributed by atoms with Gasteiger partial charge in [0.05, 0.1) is 17.4 Å². The normalized spacial score (nSPS) is 18.9. The minimum Gasteiger partial charge on any atom is -0.384 e. The highest BCUT2D eigenvalue weighted by Crippen LogP contribution is 2.40. The van der Waals surface area contributed by atoms with Crippen LogP contribution in [0.25, 0.3) is 22.2 Å². The predicted molar refractivity (Wildman–Crippen MR) is 95.0 cm³/mol. The molecular formula is C20H21N3. The lowest BCUT2D eigenvalue weighted by atomic mass is 9.86. The Balaban J connectivity index is 1.58. The standard InChI is InChI=1S/C20H21N3/c1-20(2)11-21-17-9-13(3-7-16(17)20)14-4-8-19-18(10-14)22-12-23(19)15-5-6-15/h3-4,7-10,12,15,21H,5-6,11H2,1-2H3. The van der Waals surface area contributed by atoms with Crippen LogP contribution in [-0.4, -0.2) is 16.1 Å². The van der Waals surface area contributed by atoms with Gasteiger partial charge in [-0.1, -0.05) is 32.0 Å². The van der Waals surface area contributed by atoms with Crippen LogP contribution in [0.4, 0.5) is 5.69 Å². The minimum atomic E-state index is 0.223. The molecule has 1 N–H and O–H groups in total. The maximum Gasteiger partial charge on any atom is 0.0960 e. The highest BCUT2D eigenvalue weighted by atomic mass is 15.1. The number of nitrogens with zero attached hydrogens (tertiary/aromatic N) is 2. The van der Waals surface area contributed by atoms with E-state index in [1.54, 1.807) is 0 Å². The number of anilines is 1. The first-order chi connectivity index (χ1) is 11.1. The van der Waals surface area contributed by atoms with Crippen LogP contribution < -0.4 is 5.32 Å². The van der Waals surface area contributed by atoms with Gasteiger partial charge in [0, 0.05) is 23.7 Å². The van der Waals surface area contributed by atoms with Crippen LogP contribution in [0.5, 0.6) is 0 Å². The Morgan fingerprint density at radius 2 is 1.87 bits per heavy atom. The molecule has 0 saturated heterocycles. The van der Waals surface area contributed by atoms with Gasteiger partial charge in [-0.3, -0.25) is 0 Å². The van der Waals surface area contributed by atoms with E-state index >= 15 is 0 Å². The van der Waals surface area contributed by atoms with Crippen molar-refractivity contribution in [3.8, 4) is 11.1 Å². The number of imidazole rings is 1. The van der Waals surface area contributed by atoms with Gasteiger partial charge in [-0.15, -0.1) is 0 Å². The lowest BCUT2D eigenvalue weighted by molar-refractivity contribution is 0.586. The van der Waals surface area contributed by atoms with Crippen LogP contribution in [0, 0.1) is 0 Å². The van der Waals surface area contributed by atoms with Gasteiger partial charge >= 0.3 is 0 Å². The van der Waals surface area contributed by atoms with Crippen molar-refractivity contribution >= 4 is 16.7 Å². The summed E-state index contributed by atoms with van der Waals surface area (Å²) >= 11 is 0. The van der Waals surface area contributed by atoms with Crippen molar-refractivity contribution in [2.24, 2.45) is 0 Å². The maximum absolute atomic E-state index is 4.61. The van der Waals surface area contributed by atoms with Crippen LogP contribution in [0.1, 0.15) is 38.3 Å². The van der Waals surface area contributed by atoms with Crippen LogP contribution in [-0.2, 0) is 5.41 Å². The smallest absolute Gasteiger partial charge is 0.0960 e. The molecule has 0 atom stereocenters. The van der Waals surface area contributed by atoms with Gasteiger partial charge in [0.1, 0.15) is 0 Å². The molecule has 116 valence electrons. The summed E-state index contributed by atoms with van der Waals surface area (Å²) in [5.41, 5.74) is 7.78. The van der Waals surface area contributed by atoms with E-state index in [0.29, 0.717) is 6.04 Å². The van der Waals surface area contributed by atoms with Crippen molar-refractivity contribution in [2.45, 2.75) is 38.1 Å². The van der Waals surface area contributed by atoms with Gasteiger partial charge in [0.2, 0.25) is 0 Å². The first kappa shape index (κ1) is 13.2. The van der Waals surface area contributed by atoms with Crippen molar-refractivity contribution < 1.29 is 0 Å². The molecule has 23 heavy (non-hydrogen) atoms. The monoisotopic (exact) mass is 303 g/mol. The van der Waals surface area contributed by atoms with Crippen molar-refractivity contribution in [1.29, 1.82) is 0 Å². The van der Waals surface area contributed by atoms with E-state index in [1.165, 1.54) is 40.7 Å². The van der Waals surface area contributed by atoms with E-state index in [0.717, 1.165) is 12.1 Å². The van der Waals surface area contributed by atoms with E-state index in [2.05, 4.69) is 65.1 Å². The minimum absolute atomic E-state index is 0.223. The number of hydrogen-bond acceptors (Lipinski definition) is 2. The summed E-state index contributed by atoms with van der Waals surface area (Å²) in [6.07, 6.45) is 4.58. The molecule has 0 radical (unpaired) electrons. The average Bonchev–Trinajstić information content (AvgIpc) is 3.24.